The lowest BCUT2D eigenvalue weighted by molar-refractivity contribution is 0.0690. The van der Waals surface area contributed by atoms with Gasteiger partial charge in [0.05, 0.1) is 15.7 Å². The molecule has 0 fully saturated rings. The summed E-state index contributed by atoms with van der Waals surface area (Å²) in [6, 6.07) is 3.46. The standard InChI is InChI=1S/C11H8Cl2N2O3/c1-5-2-3-6(12)9(8(5)13)15-11-14-7(4-18-11)10(16)17/h2-4H,1H3,(H,14,15)(H,16,17). The summed E-state index contributed by atoms with van der Waals surface area (Å²) >= 11 is 12.1. The van der Waals surface area contributed by atoms with Crippen LogP contribution in [-0.2, 0) is 0 Å². The van der Waals surface area contributed by atoms with E-state index in [4.69, 9.17) is 32.7 Å². The molecule has 2 N–H and O–H groups in total. The summed E-state index contributed by atoms with van der Waals surface area (Å²) in [5.41, 5.74) is 1.06. The maximum Gasteiger partial charge on any atom is 0.357 e. The quantitative estimate of drug-likeness (QED) is 0.899. The van der Waals surface area contributed by atoms with Crippen LogP contribution in [0.25, 0.3) is 0 Å². The summed E-state index contributed by atoms with van der Waals surface area (Å²) in [6.07, 6.45) is 1.03. The van der Waals surface area contributed by atoms with E-state index in [9.17, 15) is 4.79 Å². The molecule has 0 atom stereocenters. The van der Waals surface area contributed by atoms with Crippen LogP contribution in [0.5, 0.6) is 0 Å². The number of aromatic carboxylic acids is 1. The number of hydrogen-bond acceptors (Lipinski definition) is 4. The van der Waals surface area contributed by atoms with Crippen LogP contribution < -0.4 is 5.32 Å². The molecule has 18 heavy (non-hydrogen) atoms. The van der Waals surface area contributed by atoms with E-state index in [0.717, 1.165) is 11.8 Å². The highest BCUT2D eigenvalue weighted by molar-refractivity contribution is 6.39. The van der Waals surface area contributed by atoms with Gasteiger partial charge in [0, 0.05) is 0 Å². The van der Waals surface area contributed by atoms with Gasteiger partial charge in [0.15, 0.2) is 5.69 Å². The highest BCUT2D eigenvalue weighted by atomic mass is 35.5. The van der Waals surface area contributed by atoms with Crippen molar-refractivity contribution in [1.82, 2.24) is 4.98 Å². The van der Waals surface area contributed by atoms with Crippen LogP contribution in [0.1, 0.15) is 16.1 Å². The van der Waals surface area contributed by atoms with Crippen LogP contribution in [-0.4, -0.2) is 16.1 Å². The third-order valence-corrected chi connectivity index (χ3v) is 3.04. The van der Waals surface area contributed by atoms with Gasteiger partial charge >= 0.3 is 5.97 Å². The monoisotopic (exact) mass is 286 g/mol. The molecule has 1 heterocycles. The summed E-state index contributed by atoms with van der Waals surface area (Å²) in [4.78, 5) is 14.4. The zero-order valence-electron chi connectivity index (χ0n) is 9.20. The van der Waals surface area contributed by atoms with E-state index in [2.05, 4.69) is 10.3 Å². The van der Waals surface area contributed by atoms with E-state index in [-0.39, 0.29) is 11.7 Å². The maximum atomic E-state index is 10.7. The third kappa shape index (κ3) is 2.42. The minimum atomic E-state index is -1.17. The molecule has 2 rings (SSSR count). The molecule has 0 aliphatic carbocycles. The molecule has 1 aromatic heterocycles. The summed E-state index contributed by atoms with van der Waals surface area (Å²) in [6.45, 7) is 1.82. The van der Waals surface area contributed by atoms with Crippen molar-refractivity contribution in [3.05, 3.63) is 39.7 Å². The van der Waals surface area contributed by atoms with Crippen molar-refractivity contribution in [3.63, 3.8) is 0 Å². The lowest BCUT2D eigenvalue weighted by Gasteiger charge is -2.08. The van der Waals surface area contributed by atoms with Crippen LogP contribution >= 0.6 is 23.2 Å². The average Bonchev–Trinajstić information content (AvgIpc) is 2.78. The summed E-state index contributed by atoms with van der Waals surface area (Å²) in [5.74, 6) is -1.17. The summed E-state index contributed by atoms with van der Waals surface area (Å²) in [7, 11) is 0. The Kier molecular flexibility index (Phi) is 3.45. The van der Waals surface area contributed by atoms with Crippen LogP contribution in [0, 0.1) is 6.92 Å². The Hall–Kier alpha value is -1.72. The SMILES string of the molecule is Cc1ccc(Cl)c(Nc2nc(C(=O)O)co2)c1Cl. The Labute approximate surface area is 112 Å². The van der Waals surface area contributed by atoms with E-state index in [1.165, 1.54) is 0 Å². The molecule has 0 saturated heterocycles. The van der Waals surface area contributed by atoms with Crippen molar-refractivity contribution < 1.29 is 14.3 Å². The molecular weight excluding hydrogens is 279 g/mol. The molecule has 5 nitrogen and oxygen atoms in total. The number of nitrogens with zero attached hydrogens (tertiary/aromatic N) is 1. The first-order chi connectivity index (χ1) is 8.49. The normalized spacial score (nSPS) is 10.4. The molecule has 0 aliphatic heterocycles. The molecule has 94 valence electrons. The molecule has 0 amide bonds. The van der Waals surface area contributed by atoms with Gasteiger partial charge in [0.1, 0.15) is 6.26 Å². The Morgan fingerprint density at radius 1 is 1.44 bits per heavy atom. The van der Waals surface area contributed by atoms with Crippen molar-refractivity contribution in [2.45, 2.75) is 6.92 Å². The van der Waals surface area contributed by atoms with Gasteiger partial charge in [-0.2, -0.15) is 4.98 Å². The number of carboxylic acid groups (broad SMARTS) is 1. The molecule has 0 saturated carbocycles. The fourth-order valence-corrected chi connectivity index (χ4v) is 1.77. The van der Waals surface area contributed by atoms with E-state index in [0.29, 0.717) is 15.7 Å². The van der Waals surface area contributed by atoms with Crippen LogP contribution in [0.2, 0.25) is 10.0 Å². The van der Waals surface area contributed by atoms with Crippen molar-refractivity contribution in [3.8, 4) is 0 Å². The molecule has 0 aliphatic rings. The van der Waals surface area contributed by atoms with Crippen molar-refractivity contribution in [1.29, 1.82) is 0 Å². The largest absolute Gasteiger partial charge is 0.476 e. The molecule has 0 spiro atoms. The first-order valence-electron chi connectivity index (χ1n) is 4.89. The van der Waals surface area contributed by atoms with Crippen molar-refractivity contribution in [2.75, 3.05) is 5.32 Å². The van der Waals surface area contributed by atoms with Gasteiger partial charge in [0.25, 0.3) is 6.01 Å². The van der Waals surface area contributed by atoms with Gasteiger partial charge < -0.3 is 14.8 Å². The topological polar surface area (TPSA) is 75.4 Å². The number of oxazole rings is 1. The van der Waals surface area contributed by atoms with Crippen LogP contribution in [0.3, 0.4) is 0 Å². The summed E-state index contributed by atoms with van der Waals surface area (Å²) < 4.78 is 4.96. The Balaban J connectivity index is 2.33. The highest BCUT2D eigenvalue weighted by Crippen LogP contribution is 2.34. The number of rotatable bonds is 3. The molecule has 0 radical (unpaired) electrons. The van der Waals surface area contributed by atoms with E-state index in [1.54, 1.807) is 12.1 Å². The number of anilines is 2. The van der Waals surface area contributed by atoms with E-state index in [1.807, 2.05) is 6.92 Å². The predicted octanol–water partition coefficient (Wildman–Crippen LogP) is 3.73. The number of carbonyl (C=O) groups is 1. The number of aromatic nitrogens is 1. The van der Waals surface area contributed by atoms with Gasteiger partial charge in [-0.3, -0.25) is 0 Å². The minimum absolute atomic E-state index is 0.0156. The first kappa shape index (κ1) is 12.7. The number of aryl methyl sites for hydroxylation is 1. The third-order valence-electron chi connectivity index (χ3n) is 2.24. The van der Waals surface area contributed by atoms with Gasteiger partial charge in [-0.05, 0) is 18.6 Å². The number of halogens is 2. The Bertz CT molecular complexity index is 610. The molecule has 0 unspecified atom stereocenters. The highest BCUT2D eigenvalue weighted by Gasteiger charge is 2.14. The average molecular weight is 287 g/mol. The second-order valence-electron chi connectivity index (χ2n) is 3.52. The number of nitrogens with one attached hydrogen (secondary N) is 1. The molecule has 2 aromatic rings. The minimum Gasteiger partial charge on any atom is -0.476 e. The van der Waals surface area contributed by atoms with Gasteiger partial charge in [-0.1, -0.05) is 29.3 Å². The molecule has 7 heteroatoms. The van der Waals surface area contributed by atoms with Crippen molar-refractivity contribution in [2.24, 2.45) is 0 Å². The molecule has 1 aromatic carbocycles. The fraction of sp³-hybridized carbons (Fsp3) is 0.0909. The molecular formula is C11H8Cl2N2O3. The first-order valence-corrected chi connectivity index (χ1v) is 5.65. The van der Waals surface area contributed by atoms with Gasteiger partial charge in [-0.25, -0.2) is 4.79 Å². The van der Waals surface area contributed by atoms with E-state index < -0.39 is 5.97 Å². The van der Waals surface area contributed by atoms with Crippen LogP contribution in [0.15, 0.2) is 22.8 Å². The smallest absolute Gasteiger partial charge is 0.357 e. The Morgan fingerprint density at radius 2 is 2.17 bits per heavy atom. The second-order valence-corrected chi connectivity index (χ2v) is 4.31. The second kappa shape index (κ2) is 4.88. The predicted molar refractivity (Wildman–Crippen MR) is 67.9 cm³/mol. The summed E-state index contributed by atoms with van der Waals surface area (Å²) in [5, 5.41) is 12.3. The Morgan fingerprint density at radius 3 is 2.78 bits per heavy atom. The van der Waals surface area contributed by atoms with Crippen LogP contribution in [0.4, 0.5) is 11.7 Å². The molecule has 0 bridgehead atoms. The number of hydrogen-bond donors (Lipinski definition) is 2. The van der Waals surface area contributed by atoms with Crippen molar-refractivity contribution >= 4 is 40.9 Å². The number of benzene rings is 1. The fourth-order valence-electron chi connectivity index (χ4n) is 1.31. The van der Waals surface area contributed by atoms with Gasteiger partial charge in [-0.15, -0.1) is 0 Å². The van der Waals surface area contributed by atoms with Gasteiger partial charge in [0.2, 0.25) is 0 Å². The zero-order valence-corrected chi connectivity index (χ0v) is 10.7. The maximum absolute atomic E-state index is 10.7. The lowest BCUT2D eigenvalue weighted by atomic mass is 10.2. The lowest BCUT2D eigenvalue weighted by Crippen LogP contribution is -1.98. The number of carboxylic acids is 1. The zero-order chi connectivity index (χ0) is 13.3. The van der Waals surface area contributed by atoms with E-state index >= 15 is 0 Å².